The van der Waals surface area contributed by atoms with Gasteiger partial charge in [0, 0.05) is 71.9 Å². The van der Waals surface area contributed by atoms with Crippen molar-refractivity contribution in [1.29, 1.82) is 0 Å². The number of carbonyl (C=O) groups excluding carboxylic acids is 5. The van der Waals surface area contributed by atoms with Crippen LogP contribution in [0.2, 0.25) is 0 Å². The maximum Gasteiger partial charge on any atom is 0.446 e. The molecule has 0 radical (unpaired) electrons. The molecule has 34 heteroatoms. The summed E-state index contributed by atoms with van der Waals surface area (Å²) in [5, 5.41) is 36.3. The molecule has 31 nitrogen and oxygen atoms in total. The van der Waals surface area contributed by atoms with Crippen LogP contribution in [0.5, 0.6) is 17.2 Å². The number of esters is 1. The van der Waals surface area contributed by atoms with Crippen molar-refractivity contribution in [3.63, 3.8) is 0 Å². The van der Waals surface area contributed by atoms with Crippen molar-refractivity contribution in [2.75, 3.05) is 51.7 Å². The third-order valence-electron chi connectivity index (χ3n) is 14.6. The summed E-state index contributed by atoms with van der Waals surface area (Å²) >= 11 is 0. The molecule has 20 N–H and O–H groups in total. The minimum Gasteiger partial charge on any atom is -0.482 e. The first-order valence-electron chi connectivity index (χ1n) is 30.8. The number of rotatable bonds is 24. The van der Waals surface area contributed by atoms with Gasteiger partial charge in [0.15, 0.2) is 19.8 Å². The molecule has 3 aromatic carbocycles. The second-order valence-corrected chi connectivity index (χ2v) is 23.4. The Labute approximate surface area is 555 Å². The van der Waals surface area contributed by atoms with Gasteiger partial charge in [0.25, 0.3) is 17.7 Å². The normalized spacial score (nSPS) is 18.1. The topological polar surface area (TPSA) is 503 Å². The summed E-state index contributed by atoms with van der Waals surface area (Å²) in [6, 6.07) is 20.3. The van der Waals surface area contributed by atoms with Crippen LogP contribution in [0.25, 0.3) is 0 Å². The number of primary amides is 3. The van der Waals surface area contributed by atoms with Crippen molar-refractivity contribution >= 4 is 94.3 Å². The van der Waals surface area contributed by atoms with Crippen molar-refractivity contribution < 1.29 is 75.9 Å². The van der Waals surface area contributed by atoms with Crippen molar-refractivity contribution in [1.82, 2.24) is 29.9 Å². The summed E-state index contributed by atoms with van der Waals surface area (Å²) in [5.74, 6) is -1.30. The lowest BCUT2D eigenvalue weighted by Crippen LogP contribution is -2.43. The molecule has 6 atom stereocenters. The predicted molar refractivity (Wildman–Crippen MR) is 352 cm³/mol. The lowest BCUT2D eigenvalue weighted by atomic mass is 9.91. The van der Waals surface area contributed by atoms with Crippen LogP contribution in [-0.4, -0.2) is 150 Å². The third-order valence-corrected chi connectivity index (χ3v) is 14.6. The fourth-order valence-electron chi connectivity index (χ4n) is 9.81. The largest absolute Gasteiger partial charge is 0.482 e. The van der Waals surface area contributed by atoms with Crippen LogP contribution in [0.3, 0.4) is 0 Å². The smallest absolute Gasteiger partial charge is 0.446 e. The van der Waals surface area contributed by atoms with E-state index in [2.05, 4.69) is 61.8 Å². The number of alkyl halides is 3. The molecule has 0 bridgehead atoms. The van der Waals surface area contributed by atoms with Gasteiger partial charge in [0.05, 0.1) is 0 Å². The number of benzene rings is 3. The Morgan fingerprint density at radius 1 is 0.485 bits per heavy atom. The van der Waals surface area contributed by atoms with Gasteiger partial charge in [-0.2, -0.15) is 28.1 Å². The Morgan fingerprint density at radius 2 is 0.753 bits per heavy atom. The Morgan fingerprint density at radius 3 is 0.990 bits per heavy atom. The van der Waals surface area contributed by atoms with E-state index in [9.17, 15) is 41.9 Å². The molecule has 3 fully saturated rings. The minimum atomic E-state index is -4.64. The molecule has 97 heavy (non-hydrogen) atoms. The van der Waals surface area contributed by atoms with Crippen LogP contribution in [0, 0.1) is 0 Å². The van der Waals surface area contributed by atoms with Gasteiger partial charge in [-0.25, -0.2) is 29.3 Å². The first-order valence-corrected chi connectivity index (χ1v) is 30.8. The second-order valence-electron chi connectivity index (χ2n) is 23.4. The van der Waals surface area contributed by atoms with Crippen LogP contribution < -0.4 is 80.5 Å². The van der Waals surface area contributed by atoms with Crippen LogP contribution in [0.4, 0.5) is 65.5 Å². The standard InChI is InChI=1S/C23H32N6O4.2C19H24N6O4.C2HF3O/c1-23(2,3)33-19(30)13-32-15-10-8-14(9-11-15)27-21-16(20(25)31)12-26-22(29-21)28-18-7-5-4-6-17(18)24;2*20-14-3-1-2-4-15(14)24-19-22-9-13(17(21)28)18(25-19)23-11-5-7-12(8-6-11)29-10-16(26)27;3-2(4,5)1-6/h8-12,17-18H,4-7,13,24H2,1-3H3,(H2,25,31)(H2,26,27,28,29);2*5-9,14-15H,1-4,10,20H2,(H2,21,28)(H,26,27)(H2,22,23,24,25);1H/t17-,18+;2*14-,15+;/m000./s1. The van der Waals surface area contributed by atoms with E-state index in [0.29, 0.717) is 52.2 Å². The zero-order chi connectivity index (χ0) is 70.8. The fraction of sp³-hybridized carbons (Fsp3) is 0.413. The number of aldehydes is 1. The Balaban J connectivity index is 0.000000221. The van der Waals surface area contributed by atoms with Gasteiger partial charge < -0.3 is 95.5 Å². The Hall–Kier alpha value is -10.7. The van der Waals surface area contributed by atoms with E-state index in [1.165, 1.54) is 18.6 Å². The second kappa shape index (κ2) is 36.2. The van der Waals surface area contributed by atoms with Gasteiger partial charge in [-0.15, -0.1) is 0 Å². The summed E-state index contributed by atoms with van der Waals surface area (Å²) in [6.07, 6.45) is 10.7. The average molecular weight is 1360 g/mol. The van der Waals surface area contributed by atoms with Gasteiger partial charge in [-0.1, -0.05) is 38.5 Å². The number of carboxylic acid groups (broad SMARTS) is 2. The van der Waals surface area contributed by atoms with Gasteiger partial charge >= 0.3 is 24.1 Å². The van der Waals surface area contributed by atoms with Crippen LogP contribution in [0.1, 0.15) is 129 Å². The number of aromatic nitrogens is 6. The number of anilines is 9. The minimum absolute atomic E-state index is 0.0259. The maximum atomic E-state index is 11.9. The van der Waals surface area contributed by atoms with E-state index >= 15 is 0 Å². The molecule has 0 unspecified atom stereocenters. The lowest BCUT2D eigenvalue weighted by molar-refractivity contribution is -0.157. The quantitative estimate of drug-likeness (QED) is 0.0230. The van der Waals surface area contributed by atoms with Crippen molar-refractivity contribution in [3.8, 4) is 17.2 Å². The molecule has 3 heterocycles. The molecule has 3 saturated carbocycles. The van der Waals surface area contributed by atoms with Gasteiger partial charge in [0.2, 0.25) is 24.1 Å². The number of halogens is 3. The van der Waals surface area contributed by atoms with E-state index in [1.807, 2.05) is 0 Å². The van der Waals surface area contributed by atoms with Crippen LogP contribution in [0.15, 0.2) is 91.4 Å². The van der Waals surface area contributed by atoms with E-state index in [0.717, 1.165) is 77.0 Å². The molecule has 522 valence electrons. The molecule has 0 saturated heterocycles. The first-order chi connectivity index (χ1) is 46.0. The number of hydrogen-bond donors (Lipinski definition) is 14. The number of nitrogens with zero attached hydrogens (tertiary/aromatic N) is 6. The highest BCUT2D eigenvalue weighted by molar-refractivity contribution is 5.99. The van der Waals surface area contributed by atoms with E-state index in [1.54, 1.807) is 93.6 Å². The number of nitrogens with one attached hydrogen (secondary N) is 6. The molecule has 9 rings (SSSR count). The number of carbonyl (C=O) groups is 7. The summed E-state index contributed by atoms with van der Waals surface area (Å²) in [7, 11) is 0. The van der Waals surface area contributed by atoms with E-state index in [4.69, 9.17) is 68.4 Å². The summed E-state index contributed by atoms with van der Waals surface area (Å²) in [6.45, 7) is 4.34. The molecular weight excluding hydrogens is 1270 g/mol. The summed E-state index contributed by atoms with van der Waals surface area (Å²) in [5.41, 5.74) is 36.7. The number of nitrogens with two attached hydrogens (primary N) is 6. The number of carboxylic acids is 2. The highest BCUT2D eigenvalue weighted by Crippen LogP contribution is 2.29. The van der Waals surface area contributed by atoms with E-state index in [-0.39, 0.29) is 77.0 Å². The highest BCUT2D eigenvalue weighted by Gasteiger charge is 2.28. The van der Waals surface area contributed by atoms with Crippen molar-refractivity contribution in [2.45, 2.75) is 146 Å². The van der Waals surface area contributed by atoms with Gasteiger partial charge in [0.1, 0.15) is 57.0 Å². The Kier molecular flexibility index (Phi) is 28.1. The average Bonchev–Trinajstić information content (AvgIpc) is 0.883. The third kappa shape index (κ3) is 26.2. The molecule has 3 amide bonds. The summed E-state index contributed by atoms with van der Waals surface area (Å²) < 4.78 is 52.1. The highest BCUT2D eigenvalue weighted by atomic mass is 19.4. The van der Waals surface area contributed by atoms with Crippen molar-refractivity contribution in [2.24, 2.45) is 34.4 Å². The van der Waals surface area contributed by atoms with Gasteiger partial charge in [-0.3, -0.25) is 19.2 Å². The zero-order valence-corrected chi connectivity index (χ0v) is 53.5. The zero-order valence-electron chi connectivity index (χ0n) is 53.5. The molecule has 3 aliphatic rings. The number of amides is 3. The SMILES string of the molecule is CC(C)(C)OC(=O)COc1ccc(Nc2nc(N[C@@H]3CCCC[C@@H]3N)ncc2C(N)=O)cc1.NC(=O)c1cnc(N[C@@H]2CCCC[C@@H]2N)nc1Nc1ccc(OCC(=O)O)cc1.NC(=O)c1cnc(N[C@@H]2CCCC[C@@H]2N)nc1Nc1ccc(OCC(=O)O)cc1.O=CC(F)(F)F. The van der Waals surface area contributed by atoms with E-state index < -0.39 is 66.9 Å². The Bertz CT molecular complexity index is 3470. The number of ether oxygens (including phenoxy) is 4. The van der Waals surface area contributed by atoms with Crippen LogP contribution in [-0.2, 0) is 23.9 Å². The molecule has 3 aromatic heterocycles. The van der Waals surface area contributed by atoms with Gasteiger partial charge in [-0.05, 0) is 132 Å². The lowest BCUT2D eigenvalue weighted by Gasteiger charge is -2.29. The molecule has 0 aliphatic heterocycles. The molecule has 0 spiro atoms. The number of aliphatic carboxylic acids is 2. The van der Waals surface area contributed by atoms with Crippen molar-refractivity contribution in [3.05, 3.63) is 108 Å². The monoisotopic (exact) mass is 1350 g/mol. The number of hydrogen-bond acceptors (Lipinski definition) is 26. The molecular formula is C63H81F3N18O13. The van der Waals surface area contributed by atoms with Crippen LogP contribution >= 0.6 is 0 Å². The molecule has 6 aromatic rings. The molecule has 3 aliphatic carbocycles. The maximum absolute atomic E-state index is 11.9. The predicted octanol–water partition coefficient (Wildman–Crippen LogP) is 6.40. The first kappa shape index (κ1) is 75.3. The fourth-order valence-corrected chi connectivity index (χ4v) is 9.81. The summed E-state index contributed by atoms with van der Waals surface area (Å²) in [4.78, 5) is 103.